The lowest BCUT2D eigenvalue weighted by atomic mass is 10.3. The van der Waals surface area contributed by atoms with Gasteiger partial charge in [-0.1, -0.05) is 18.8 Å². The van der Waals surface area contributed by atoms with E-state index in [1.807, 2.05) is 6.07 Å². The van der Waals surface area contributed by atoms with Gasteiger partial charge in [0.15, 0.2) is 0 Å². The van der Waals surface area contributed by atoms with Gasteiger partial charge in [0.1, 0.15) is 0 Å². The molecule has 0 aliphatic carbocycles. The highest BCUT2D eigenvalue weighted by atomic mass is 32.1. The van der Waals surface area contributed by atoms with E-state index in [1.54, 1.807) is 30.3 Å². The van der Waals surface area contributed by atoms with Crippen LogP contribution in [0.5, 0.6) is 0 Å². The first-order chi connectivity index (χ1) is 10.1. The Bertz CT molecular complexity index is 500. The molecule has 0 atom stereocenters. The maximum Gasteiger partial charge on any atom is 0.236 e. The van der Waals surface area contributed by atoms with Gasteiger partial charge in [-0.15, -0.1) is 11.3 Å². The highest BCUT2D eigenvalue weighted by Gasteiger charge is 2.13. The van der Waals surface area contributed by atoms with Crippen molar-refractivity contribution in [2.45, 2.75) is 26.3 Å². The van der Waals surface area contributed by atoms with Gasteiger partial charge >= 0.3 is 0 Å². The zero-order chi connectivity index (χ0) is 15.7. The second-order valence-corrected chi connectivity index (χ2v) is 6.21. The topological polar surface area (TPSA) is 43.8 Å². The van der Waals surface area contributed by atoms with E-state index in [1.165, 1.54) is 4.88 Å². The molecule has 0 aliphatic heterocycles. The summed E-state index contributed by atoms with van der Waals surface area (Å²) < 4.78 is 0. The molecule has 4 nitrogen and oxygen atoms in total. The Morgan fingerprint density at radius 2 is 2.14 bits per heavy atom. The van der Waals surface area contributed by atoms with Crippen molar-refractivity contribution in [2.75, 3.05) is 33.8 Å². The second-order valence-electron chi connectivity index (χ2n) is 5.04. The molecule has 0 aliphatic rings. The van der Waals surface area contributed by atoms with Crippen LogP contribution in [0.2, 0.25) is 0 Å². The van der Waals surface area contributed by atoms with Crippen LogP contribution in [-0.4, -0.2) is 54.6 Å². The summed E-state index contributed by atoms with van der Waals surface area (Å²) in [7, 11) is 3.57. The Balaban J connectivity index is 2.63. The van der Waals surface area contributed by atoms with Gasteiger partial charge in [-0.2, -0.15) is 0 Å². The van der Waals surface area contributed by atoms with Crippen LogP contribution in [-0.2, 0) is 11.3 Å². The van der Waals surface area contributed by atoms with Gasteiger partial charge < -0.3 is 10.0 Å². The molecule has 0 unspecified atom stereocenters. The van der Waals surface area contributed by atoms with Gasteiger partial charge in [-0.3, -0.25) is 9.69 Å². The van der Waals surface area contributed by atoms with Crippen LogP contribution in [0.3, 0.4) is 0 Å². The van der Waals surface area contributed by atoms with Gasteiger partial charge in [-0.25, -0.2) is 0 Å². The zero-order valence-corrected chi connectivity index (χ0v) is 13.9. The van der Waals surface area contributed by atoms with Crippen LogP contribution in [0.15, 0.2) is 12.1 Å². The van der Waals surface area contributed by atoms with E-state index in [0.717, 1.165) is 24.4 Å². The highest BCUT2D eigenvalue weighted by molar-refractivity contribution is 7.12. The van der Waals surface area contributed by atoms with Crippen LogP contribution in [0.25, 0.3) is 0 Å². The number of nitrogens with zero attached hydrogens (tertiary/aromatic N) is 2. The first-order valence-corrected chi connectivity index (χ1v) is 7.99. The molecular formula is C16H24N2O2S. The fraction of sp³-hybridized carbons (Fsp3) is 0.562. The third-order valence-corrected chi connectivity index (χ3v) is 3.87. The van der Waals surface area contributed by atoms with Gasteiger partial charge in [-0.05, 0) is 25.1 Å². The van der Waals surface area contributed by atoms with Crippen LogP contribution >= 0.6 is 11.3 Å². The quantitative estimate of drug-likeness (QED) is 0.781. The van der Waals surface area contributed by atoms with Gasteiger partial charge in [0.05, 0.1) is 18.0 Å². The molecule has 0 spiro atoms. The Hall–Kier alpha value is -1.35. The number of aliphatic hydroxyl groups excluding tert-OH is 1. The van der Waals surface area contributed by atoms with Crippen LogP contribution in [0.4, 0.5) is 0 Å². The number of hydrogen-bond acceptors (Lipinski definition) is 4. The minimum atomic E-state index is 0.0994. The first kappa shape index (κ1) is 17.7. The largest absolute Gasteiger partial charge is 0.395 e. The summed E-state index contributed by atoms with van der Waals surface area (Å²) >= 11 is 1.65. The molecule has 0 bridgehead atoms. The van der Waals surface area contributed by atoms with Crippen molar-refractivity contribution in [3.05, 3.63) is 21.9 Å². The SMILES string of the molecule is CCCN(CC(=O)N(C)C)Cc1ccc(C#CCCO)s1. The van der Waals surface area contributed by atoms with E-state index in [0.29, 0.717) is 13.0 Å². The minimum Gasteiger partial charge on any atom is -0.395 e. The summed E-state index contributed by atoms with van der Waals surface area (Å²) in [4.78, 5) is 17.9. The predicted octanol–water partition coefficient (Wildman–Crippen LogP) is 1.78. The molecule has 0 saturated heterocycles. The number of rotatable bonds is 7. The zero-order valence-electron chi connectivity index (χ0n) is 13.1. The molecule has 0 fully saturated rings. The number of hydrogen-bond donors (Lipinski definition) is 1. The number of carbonyl (C=O) groups excluding carboxylic acids is 1. The fourth-order valence-corrected chi connectivity index (χ4v) is 2.74. The molecule has 21 heavy (non-hydrogen) atoms. The van der Waals surface area contributed by atoms with Crippen LogP contribution in [0, 0.1) is 11.8 Å². The molecule has 1 aromatic rings. The van der Waals surface area contributed by atoms with Crippen molar-refractivity contribution in [1.29, 1.82) is 0 Å². The third-order valence-electron chi connectivity index (χ3n) is 2.89. The van der Waals surface area contributed by atoms with E-state index in [9.17, 15) is 4.79 Å². The van der Waals surface area contributed by atoms with Crippen molar-refractivity contribution >= 4 is 17.2 Å². The van der Waals surface area contributed by atoms with Crippen molar-refractivity contribution in [1.82, 2.24) is 9.80 Å². The molecule has 1 heterocycles. The van der Waals surface area contributed by atoms with Gasteiger partial charge in [0.2, 0.25) is 5.91 Å². The first-order valence-electron chi connectivity index (χ1n) is 7.17. The summed E-state index contributed by atoms with van der Waals surface area (Å²) in [5.41, 5.74) is 0. The molecule has 1 aromatic heterocycles. The van der Waals surface area contributed by atoms with Crippen LogP contribution in [0.1, 0.15) is 29.5 Å². The summed E-state index contributed by atoms with van der Waals surface area (Å²) in [6.07, 6.45) is 1.53. The van der Waals surface area contributed by atoms with E-state index >= 15 is 0 Å². The molecule has 0 saturated carbocycles. The Morgan fingerprint density at radius 3 is 2.76 bits per heavy atom. The molecule has 1 amide bonds. The normalized spacial score (nSPS) is 10.3. The lowest BCUT2D eigenvalue weighted by Crippen LogP contribution is -2.36. The number of aliphatic hydroxyl groups is 1. The Kier molecular flexibility index (Phi) is 8.06. The molecule has 0 radical (unpaired) electrons. The fourth-order valence-electron chi connectivity index (χ4n) is 1.82. The van der Waals surface area contributed by atoms with Crippen LogP contribution < -0.4 is 0 Å². The third kappa shape index (κ3) is 6.76. The summed E-state index contributed by atoms with van der Waals surface area (Å²) in [6.45, 7) is 4.35. The lowest BCUT2D eigenvalue weighted by molar-refractivity contribution is -0.130. The van der Waals surface area contributed by atoms with Crippen molar-refractivity contribution in [3.63, 3.8) is 0 Å². The maximum atomic E-state index is 11.8. The summed E-state index contributed by atoms with van der Waals surface area (Å²) in [6, 6.07) is 4.07. The van der Waals surface area contributed by atoms with E-state index < -0.39 is 0 Å². The summed E-state index contributed by atoms with van der Waals surface area (Å²) in [5, 5.41) is 8.71. The van der Waals surface area contributed by atoms with Gasteiger partial charge in [0, 0.05) is 31.9 Å². The Morgan fingerprint density at radius 1 is 1.38 bits per heavy atom. The van der Waals surface area contributed by atoms with E-state index in [2.05, 4.69) is 29.7 Å². The number of likely N-dealkylation sites (N-methyl/N-ethyl adjacent to an activating group) is 1. The number of thiophene rings is 1. The average Bonchev–Trinajstić information content (AvgIpc) is 2.86. The van der Waals surface area contributed by atoms with Crippen molar-refractivity contribution < 1.29 is 9.90 Å². The monoisotopic (exact) mass is 308 g/mol. The standard InChI is InChI=1S/C16H24N2O2S/c1-4-10-18(13-16(20)17(2)3)12-15-9-8-14(21-15)7-5-6-11-19/h8-9,19H,4,6,10-13H2,1-3H3. The van der Waals surface area contributed by atoms with Gasteiger partial charge in [0.25, 0.3) is 0 Å². The highest BCUT2D eigenvalue weighted by Crippen LogP contribution is 2.17. The molecule has 116 valence electrons. The molecule has 1 N–H and O–H groups in total. The molecule has 0 aromatic carbocycles. The predicted molar refractivity (Wildman–Crippen MR) is 87.2 cm³/mol. The summed E-state index contributed by atoms with van der Waals surface area (Å²) in [5.74, 6) is 6.10. The maximum absolute atomic E-state index is 11.8. The molecular weight excluding hydrogens is 284 g/mol. The minimum absolute atomic E-state index is 0.0994. The molecule has 1 rings (SSSR count). The van der Waals surface area contributed by atoms with E-state index in [4.69, 9.17) is 5.11 Å². The van der Waals surface area contributed by atoms with Crippen molar-refractivity contribution in [3.8, 4) is 11.8 Å². The Labute approximate surface area is 131 Å². The average molecular weight is 308 g/mol. The number of carbonyl (C=O) groups is 1. The van der Waals surface area contributed by atoms with Crippen molar-refractivity contribution in [2.24, 2.45) is 0 Å². The molecule has 5 heteroatoms. The smallest absolute Gasteiger partial charge is 0.236 e. The second kappa shape index (κ2) is 9.56. The lowest BCUT2D eigenvalue weighted by Gasteiger charge is -2.22. The van der Waals surface area contributed by atoms with E-state index in [-0.39, 0.29) is 12.5 Å². The number of amides is 1.